The third-order valence-electron chi connectivity index (χ3n) is 5.14. The highest BCUT2D eigenvalue weighted by Gasteiger charge is 2.24. The van der Waals surface area contributed by atoms with Gasteiger partial charge in [0.2, 0.25) is 11.8 Å². The van der Waals surface area contributed by atoms with Crippen LogP contribution in [-0.4, -0.2) is 46.6 Å². The van der Waals surface area contributed by atoms with Gasteiger partial charge in [0, 0.05) is 24.8 Å². The quantitative estimate of drug-likeness (QED) is 0.488. The van der Waals surface area contributed by atoms with E-state index >= 15 is 0 Å². The van der Waals surface area contributed by atoms with Gasteiger partial charge in [0.25, 0.3) is 0 Å². The first-order valence-electron chi connectivity index (χ1n) is 11.0. The van der Waals surface area contributed by atoms with E-state index in [2.05, 4.69) is 15.4 Å². The van der Waals surface area contributed by atoms with Gasteiger partial charge in [-0.3, -0.25) is 9.59 Å². The number of hydrogen-bond donors (Lipinski definition) is 1. The predicted molar refractivity (Wildman–Crippen MR) is 131 cm³/mol. The molecule has 34 heavy (non-hydrogen) atoms. The molecular weight excluding hydrogens is 452 g/mol. The highest BCUT2D eigenvalue weighted by Crippen LogP contribution is 2.32. The Labute approximate surface area is 201 Å². The number of nitrogens with one attached hydrogen (secondary N) is 1. The van der Waals surface area contributed by atoms with Gasteiger partial charge >= 0.3 is 5.97 Å². The summed E-state index contributed by atoms with van der Waals surface area (Å²) < 4.78 is 5.14. The smallest absolute Gasteiger partial charge is 0.350 e. The number of esters is 1. The van der Waals surface area contributed by atoms with E-state index in [1.54, 1.807) is 6.92 Å². The molecule has 0 spiro atoms. The van der Waals surface area contributed by atoms with Crippen LogP contribution < -0.4 is 5.32 Å². The minimum absolute atomic E-state index is 0.0134. The van der Waals surface area contributed by atoms with Crippen molar-refractivity contribution in [2.45, 2.75) is 26.2 Å². The van der Waals surface area contributed by atoms with Gasteiger partial charge in [-0.15, -0.1) is 0 Å². The minimum atomic E-state index is -0.490. The molecular formula is C25H24N4O4S. The van der Waals surface area contributed by atoms with Crippen LogP contribution in [0.2, 0.25) is 0 Å². The number of benzene rings is 2. The summed E-state index contributed by atoms with van der Waals surface area (Å²) in [5.41, 5.74) is 3.06. The number of hydrazone groups is 1. The van der Waals surface area contributed by atoms with Gasteiger partial charge in [-0.05, 0) is 12.5 Å². The summed E-state index contributed by atoms with van der Waals surface area (Å²) in [4.78, 5) is 42.2. The van der Waals surface area contributed by atoms with Gasteiger partial charge in [0.05, 0.1) is 24.6 Å². The summed E-state index contributed by atoms with van der Waals surface area (Å²) in [6.07, 6.45) is 0.694. The maximum absolute atomic E-state index is 12.5. The molecule has 174 valence electrons. The summed E-state index contributed by atoms with van der Waals surface area (Å²) in [6, 6.07) is 18.9. The van der Waals surface area contributed by atoms with Crippen molar-refractivity contribution in [3.05, 3.63) is 71.1 Å². The average molecular weight is 477 g/mol. The molecule has 1 aliphatic rings. The van der Waals surface area contributed by atoms with Gasteiger partial charge in [-0.25, -0.2) is 14.8 Å². The van der Waals surface area contributed by atoms with Crippen molar-refractivity contribution < 1.29 is 19.1 Å². The van der Waals surface area contributed by atoms with Crippen molar-refractivity contribution in [2.24, 2.45) is 5.10 Å². The van der Waals surface area contributed by atoms with Crippen LogP contribution in [0.5, 0.6) is 0 Å². The number of anilines is 1. The molecule has 9 heteroatoms. The van der Waals surface area contributed by atoms with E-state index in [0.717, 1.165) is 28.2 Å². The van der Waals surface area contributed by atoms with Gasteiger partial charge < -0.3 is 10.1 Å². The lowest BCUT2D eigenvalue weighted by Gasteiger charge is -2.10. The van der Waals surface area contributed by atoms with E-state index < -0.39 is 5.97 Å². The second-order valence-corrected chi connectivity index (χ2v) is 8.51. The fourth-order valence-corrected chi connectivity index (χ4v) is 4.40. The van der Waals surface area contributed by atoms with E-state index in [1.165, 1.54) is 5.01 Å². The molecule has 0 atom stereocenters. The summed E-state index contributed by atoms with van der Waals surface area (Å²) in [6.45, 7) is 2.47. The normalized spacial score (nSPS) is 12.9. The van der Waals surface area contributed by atoms with Crippen molar-refractivity contribution in [3.8, 4) is 11.3 Å². The Bertz CT molecular complexity index is 1210. The zero-order chi connectivity index (χ0) is 23.9. The van der Waals surface area contributed by atoms with Gasteiger partial charge in [-0.1, -0.05) is 72.0 Å². The molecule has 0 bridgehead atoms. The molecule has 3 aromatic rings. The first kappa shape index (κ1) is 23.3. The van der Waals surface area contributed by atoms with Crippen LogP contribution in [-0.2, 0) is 14.3 Å². The molecule has 1 aliphatic heterocycles. The van der Waals surface area contributed by atoms with Crippen molar-refractivity contribution in [3.63, 3.8) is 0 Å². The summed E-state index contributed by atoms with van der Waals surface area (Å²) in [5, 5.41) is 8.82. The van der Waals surface area contributed by atoms with Crippen LogP contribution in [0.25, 0.3) is 11.3 Å². The summed E-state index contributed by atoms with van der Waals surface area (Å²) >= 11 is 1.05. The third-order valence-corrected chi connectivity index (χ3v) is 6.10. The molecule has 0 unspecified atom stereocenters. The van der Waals surface area contributed by atoms with E-state index in [4.69, 9.17) is 4.74 Å². The molecule has 2 aromatic carbocycles. The molecule has 1 aromatic heterocycles. The SMILES string of the molecule is CCOC(=O)c1sc(NC(=O)CCC(=O)N2CCC(c3ccccc3)=N2)nc1-c1ccccc1. The summed E-state index contributed by atoms with van der Waals surface area (Å²) in [7, 11) is 0. The van der Waals surface area contributed by atoms with Gasteiger partial charge in [0.15, 0.2) is 5.13 Å². The van der Waals surface area contributed by atoms with E-state index in [0.29, 0.717) is 23.5 Å². The highest BCUT2D eigenvalue weighted by atomic mass is 32.1. The van der Waals surface area contributed by atoms with Crippen LogP contribution in [0, 0.1) is 0 Å². The fourth-order valence-electron chi connectivity index (χ4n) is 3.50. The van der Waals surface area contributed by atoms with Gasteiger partial charge in [-0.2, -0.15) is 5.10 Å². The number of hydrogen-bond acceptors (Lipinski definition) is 7. The molecule has 1 N–H and O–H groups in total. The molecule has 0 saturated carbocycles. The fraction of sp³-hybridized carbons (Fsp3) is 0.240. The van der Waals surface area contributed by atoms with Crippen LogP contribution in [0.1, 0.15) is 41.4 Å². The lowest BCUT2D eigenvalue weighted by molar-refractivity contribution is -0.132. The number of carbonyl (C=O) groups excluding carboxylic acids is 3. The van der Waals surface area contributed by atoms with Crippen LogP contribution in [0.3, 0.4) is 0 Å². The van der Waals surface area contributed by atoms with Gasteiger partial charge in [0.1, 0.15) is 4.88 Å². The first-order valence-corrected chi connectivity index (χ1v) is 11.8. The Morgan fingerprint density at radius 1 is 1.00 bits per heavy atom. The Hall–Kier alpha value is -3.85. The monoisotopic (exact) mass is 476 g/mol. The highest BCUT2D eigenvalue weighted by molar-refractivity contribution is 7.18. The summed E-state index contributed by atoms with van der Waals surface area (Å²) in [5.74, 6) is -1.06. The topological polar surface area (TPSA) is 101 Å². The second kappa shape index (κ2) is 10.8. The molecule has 8 nitrogen and oxygen atoms in total. The molecule has 0 radical (unpaired) electrons. The number of ether oxygens (including phenoxy) is 1. The van der Waals surface area contributed by atoms with E-state index in [-0.39, 0.29) is 36.4 Å². The zero-order valence-electron chi connectivity index (χ0n) is 18.7. The molecule has 0 aliphatic carbocycles. The molecule has 2 heterocycles. The lowest BCUT2D eigenvalue weighted by atomic mass is 10.1. The molecule has 0 fully saturated rings. The minimum Gasteiger partial charge on any atom is -0.462 e. The maximum atomic E-state index is 12.5. The Morgan fingerprint density at radius 3 is 2.35 bits per heavy atom. The zero-order valence-corrected chi connectivity index (χ0v) is 19.5. The Balaban J connectivity index is 1.38. The number of nitrogens with zero attached hydrogens (tertiary/aromatic N) is 3. The van der Waals surface area contributed by atoms with E-state index in [1.807, 2.05) is 60.7 Å². The largest absolute Gasteiger partial charge is 0.462 e. The number of thiazole rings is 1. The first-order chi connectivity index (χ1) is 16.5. The lowest BCUT2D eigenvalue weighted by Crippen LogP contribution is -2.24. The molecule has 2 amide bonds. The van der Waals surface area contributed by atoms with Crippen molar-refractivity contribution in [1.29, 1.82) is 0 Å². The number of rotatable bonds is 8. The predicted octanol–water partition coefficient (Wildman–Crippen LogP) is 4.34. The van der Waals surface area contributed by atoms with Crippen LogP contribution in [0.4, 0.5) is 5.13 Å². The number of amides is 2. The van der Waals surface area contributed by atoms with Crippen LogP contribution >= 0.6 is 11.3 Å². The van der Waals surface area contributed by atoms with Crippen molar-refractivity contribution in [1.82, 2.24) is 9.99 Å². The van der Waals surface area contributed by atoms with E-state index in [9.17, 15) is 14.4 Å². The number of carbonyl (C=O) groups is 3. The third kappa shape index (κ3) is 5.55. The second-order valence-electron chi connectivity index (χ2n) is 7.51. The molecule has 4 rings (SSSR count). The average Bonchev–Trinajstić information content (AvgIpc) is 3.52. The molecule has 0 saturated heterocycles. The Kier molecular flexibility index (Phi) is 7.44. The Morgan fingerprint density at radius 2 is 1.68 bits per heavy atom. The van der Waals surface area contributed by atoms with Crippen molar-refractivity contribution >= 4 is 40.0 Å². The maximum Gasteiger partial charge on any atom is 0.350 e. The number of aromatic nitrogens is 1. The van der Waals surface area contributed by atoms with Crippen molar-refractivity contribution in [2.75, 3.05) is 18.5 Å². The standard InChI is InChI=1S/C25H24N4O4S/c1-2-33-24(32)23-22(18-11-7-4-8-12-18)27-25(34-23)26-20(30)13-14-21(31)29-16-15-19(28-29)17-9-5-3-6-10-17/h3-12H,2,13-16H2,1H3,(H,26,27,30). The van der Waals surface area contributed by atoms with Crippen LogP contribution in [0.15, 0.2) is 65.8 Å².